The van der Waals surface area contributed by atoms with Crippen LogP contribution in [0, 0.1) is 17.8 Å². The number of aryl methyl sites for hydroxylation is 1. The highest BCUT2D eigenvalue weighted by Gasteiger charge is 2.44. The van der Waals surface area contributed by atoms with Gasteiger partial charge in [-0.3, -0.25) is 0 Å². The Morgan fingerprint density at radius 1 is 1.26 bits per heavy atom. The zero-order valence-corrected chi connectivity index (χ0v) is 20.6. The van der Waals surface area contributed by atoms with Crippen LogP contribution in [-0.4, -0.2) is 38.6 Å². The molecular formula is C28H32ClNO4. The van der Waals surface area contributed by atoms with Gasteiger partial charge >= 0.3 is 5.97 Å². The molecule has 1 spiro atoms. The molecule has 0 radical (unpaired) electrons. The molecule has 1 fully saturated rings. The summed E-state index contributed by atoms with van der Waals surface area (Å²) in [5.74, 6) is 1.17. The summed E-state index contributed by atoms with van der Waals surface area (Å²) >= 11 is 6.29. The van der Waals surface area contributed by atoms with E-state index in [4.69, 9.17) is 21.1 Å². The quantitative estimate of drug-likeness (QED) is 0.405. The number of anilines is 1. The van der Waals surface area contributed by atoms with Crippen molar-refractivity contribution in [1.82, 2.24) is 0 Å². The minimum absolute atomic E-state index is 0.109. The predicted molar refractivity (Wildman–Crippen MR) is 133 cm³/mol. The van der Waals surface area contributed by atoms with E-state index in [9.17, 15) is 9.59 Å². The van der Waals surface area contributed by atoms with Crippen molar-refractivity contribution in [2.75, 3.05) is 31.2 Å². The number of hydrogen-bond donors (Lipinski definition) is 0. The second kappa shape index (κ2) is 9.26. The highest BCUT2D eigenvalue weighted by atomic mass is 35.5. The van der Waals surface area contributed by atoms with Gasteiger partial charge in [-0.05, 0) is 79.0 Å². The number of benzene rings is 2. The number of hydrogen-bond acceptors (Lipinski definition) is 5. The lowest BCUT2D eigenvalue weighted by atomic mass is 9.74. The van der Waals surface area contributed by atoms with Crippen LogP contribution in [0.2, 0.25) is 5.02 Å². The van der Waals surface area contributed by atoms with E-state index in [1.807, 2.05) is 32.0 Å². The summed E-state index contributed by atoms with van der Waals surface area (Å²) in [5, 5.41) is 0.762. The molecule has 1 saturated carbocycles. The summed E-state index contributed by atoms with van der Waals surface area (Å²) in [7, 11) is 0. The largest absolute Gasteiger partial charge is 0.490 e. The summed E-state index contributed by atoms with van der Waals surface area (Å²) < 4.78 is 11.9. The van der Waals surface area contributed by atoms with Crippen molar-refractivity contribution in [1.29, 1.82) is 0 Å². The van der Waals surface area contributed by atoms with Crippen LogP contribution >= 0.6 is 11.6 Å². The fourth-order valence-electron chi connectivity index (χ4n) is 5.61. The Morgan fingerprint density at radius 3 is 2.85 bits per heavy atom. The number of carbonyl (C=O) groups is 2. The Morgan fingerprint density at radius 2 is 2.12 bits per heavy atom. The highest BCUT2D eigenvalue weighted by molar-refractivity contribution is 6.30. The lowest BCUT2D eigenvalue weighted by molar-refractivity contribution is -0.115. The van der Waals surface area contributed by atoms with Crippen LogP contribution in [0.1, 0.15) is 54.6 Å². The van der Waals surface area contributed by atoms with E-state index in [0.717, 1.165) is 61.5 Å². The molecule has 5 rings (SSSR count). The third-order valence-corrected chi connectivity index (χ3v) is 7.93. The Kier molecular flexibility index (Phi) is 6.32. The fourth-order valence-corrected chi connectivity index (χ4v) is 5.80. The van der Waals surface area contributed by atoms with E-state index in [-0.39, 0.29) is 23.2 Å². The number of halogens is 1. The van der Waals surface area contributed by atoms with Crippen molar-refractivity contribution in [3.05, 3.63) is 58.1 Å². The number of rotatable bonds is 6. The zero-order valence-electron chi connectivity index (χ0n) is 19.9. The summed E-state index contributed by atoms with van der Waals surface area (Å²) in [6.45, 7) is 6.56. The summed E-state index contributed by atoms with van der Waals surface area (Å²) in [6.07, 6.45) is 5.06. The molecule has 0 unspecified atom stereocenters. The van der Waals surface area contributed by atoms with Crippen molar-refractivity contribution in [3.8, 4) is 5.75 Å². The number of aldehydes is 1. The molecule has 2 aromatic rings. The van der Waals surface area contributed by atoms with Gasteiger partial charge in [0.15, 0.2) is 0 Å². The van der Waals surface area contributed by atoms with Gasteiger partial charge < -0.3 is 19.2 Å². The van der Waals surface area contributed by atoms with Crippen LogP contribution in [0.4, 0.5) is 5.69 Å². The Balaban J connectivity index is 1.49. The van der Waals surface area contributed by atoms with Gasteiger partial charge in [-0.25, -0.2) is 4.79 Å². The Labute approximate surface area is 206 Å². The number of ether oxygens (including phenoxy) is 2. The average molecular weight is 482 g/mol. The summed E-state index contributed by atoms with van der Waals surface area (Å²) in [5.41, 5.74) is 3.87. The second-order valence-corrected chi connectivity index (χ2v) is 11.0. The van der Waals surface area contributed by atoms with Gasteiger partial charge in [-0.15, -0.1) is 0 Å². The molecule has 0 amide bonds. The summed E-state index contributed by atoms with van der Waals surface area (Å²) in [4.78, 5) is 26.6. The van der Waals surface area contributed by atoms with Crippen molar-refractivity contribution in [2.45, 2.75) is 44.9 Å². The molecule has 0 aromatic heterocycles. The van der Waals surface area contributed by atoms with Crippen molar-refractivity contribution in [2.24, 2.45) is 17.8 Å². The first-order chi connectivity index (χ1) is 16.4. The first-order valence-electron chi connectivity index (χ1n) is 12.3. The highest BCUT2D eigenvalue weighted by Crippen LogP contribution is 2.46. The number of carbonyl (C=O) groups excluding carboxylic acids is 2. The van der Waals surface area contributed by atoms with E-state index in [1.165, 1.54) is 11.1 Å². The number of esters is 1. The molecule has 3 aliphatic rings. The molecule has 0 N–H and O–H groups in total. The Bertz CT molecular complexity index is 1100. The van der Waals surface area contributed by atoms with Gasteiger partial charge in [-0.1, -0.05) is 31.5 Å². The van der Waals surface area contributed by atoms with E-state index in [0.29, 0.717) is 24.7 Å². The van der Waals surface area contributed by atoms with Gasteiger partial charge in [0, 0.05) is 29.4 Å². The molecular weight excluding hydrogens is 450 g/mol. The molecule has 0 bridgehead atoms. The molecule has 1 heterocycles. The molecule has 5 nitrogen and oxygen atoms in total. The third kappa shape index (κ3) is 4.31. The third-order valence-electron chi connectivity index (χ3n) is 7.70. The van der Waals surface area contributed by atoms with Crippen LogP contribution in [0.15, 0.2) is 36.4 Å². The van der Waals surface area contributed by atoms with Gasteiger partial charge in [0.25, 0.3) is 0 Å². The van der Waals surface area contributed by atoms with Gasteiger partial charge in [0.05, 0.1) is 24.5 Å². The van der Waals surface area contributed by atoms with Gasteiger partial charge in [0.2, 0.25) is 0 Å². The average Bonchev–Trinajstić information content (AvgIpc) is 3.06. The smallest absolute Gasteiger partial charge is 0.338 e. The van der Waals surface area contributed by atoms with Gasteiger partial charge in [-0.2, -0.15) is 0 Å². The van der Waals surface area contributed by atoms with Crippen LogP contribution in [0.5, 0.6) is 5.75 Å². The number of nitrogens with zero attached hydrogens (tertiary/aromatic N) is 1. The van der Waals surface area contributed by atoms with E-state index >= 15 is 0 Å². The standard InChI is InChI=1S/C28H32ClNO4/c1-18(2)15-33-27(32)20-5-8-26-25(12-20)30(13-21-3-4-22(21)14-31)16-28(17-34-26)10-9-19-11-23(29)6-7-24(19)28/h5-8,11-12,14,18,21-22H,3-4,9-10,13,15-17H2,1-2H3/t21-,22-,28-/m0/s1. The molecule has 6 heteroatoms. The Hall–Kier alpha value is -2.53. The lowest BCUT2D eigenvalue weighted by Gasteiger charge is -2.40. The molecule has 2 aliphatic carbocycles. The fraction of sp³-hybridized carbons (Fsp3) is 0.500. The first-order valence-corrected chi connectivity index (χ1v) is 12.7. The monoisotopic (exact) mass is 481 g/mol. The SMILES string of the molecule is CC(C)COC(=O)c1ccc2c(c1)N(C[C@@H]1CC[C@H]1C=O)C[C@@]1(CCc3cc(Cl)ccc31)CO2. The maximum absolute atomic E-state index is 12.7. The van der Waals surface area contributed by atoms with Gasteiger partial charge in [0.1, 0.15) is 12.0 Å². The molecule has 0 saturated heterocycles. The maximum Gasteiger partial charge on any atom is 0.338 e. The molecule has 34 heavy (non-hydrogen) atoms. The van der Waals surface area contributed by atoms with Crippen LogP contribution < -0.4 is 9.64 Å². The first kappa shape index (κ1) is 23.2. The minimum atomic E-state index is -0.314. The molecule has 1 aliphatic heterocycles. The van der Waals surface area contributed by atoms with E-state index in [1.54, 1.807) is 6.07 Å². The summed E-state index contributed by atoms with van der Waals surface area (Å²) in [6, 6.07) is 11.8. The molecule has 3 atom stereocenters. The van der Waals surface area contributed by atoms with E-state index in [2.05, 4.69) is 17.0 Å². The van der Waals surface area contributed by atoms with Crippen molar-refractivity contribution >= 4 is 29.5 Å². The van der Waals surface area contributed by atoms with Crippen molar-refractivity contribution in [3.63, 3.8) is 0 Å². The van der Waals surface area contributed by atoms with Crippen LogP contribution in [-0.2, 0) is 21.4 Å². The van der Waals surface area contributed by atoms with E-state index < -0.39 is 0 Å². The lowest BCUT2D eigenvalue weighted by Crippen LogP contribution is -2.46. The van der Waals surface area contributed by atoms with Crippen molar-refractivity contribution < 1.29 is 19.1 Å². The number of fused-ring (bicyclic) bond motifs is 3. The molecule has 2 aromatic carbocycles. The minimum Gasteiger partial charge on any atom is -0.490 e. The second-order valence-electron chi connectivity index (χ2n) is 10.6. The van der Waals surface area contributed by atoms with Crippen LogP contribution in [0.25, 0.3) is 0 Å². The topological polar surface area (TPSA) is 55.8 Å². The molecule has 180 valence electrons. The normalized spacial score (nSPS) is 25.2. The van der Waals surface area contributed by atoms with Crippen LogP contribution in [0.3, 0.4) is 0 Å². The maximum atomic E-state index is 12.7. The predicted octanol–water partition coefficient (Wildman–Crippen LogP) is 5.46. The zero-order chi connectivity index (χ0) is 23.9.